The molecule has 0 saturated carbocycles. The molecule has 0 bridgehead atoms. The topological polar surface area (TPSA) is 92.8 Å². The summed E-state index contributed by atoms with van der Waals surface area (Å²) in [5, 5.41) is 2.77. The van der Waals surface area contributed by atoms with Gasteiger partial charge in [-0.3, -0.25) is 9.59 Å². The highest BCUT2D eigenvalue weighted by molar-refractivity contribution is 5.98. The van der Waals surface area contributed by atoms with E-state index in [1.54, 1.807) is 18.2 Å². The minimum absolute atomic E-state index is 0.0669. The molecule has 0 spiro atoms. The third kappa shape index (κ3) is 5.04. The first-order valence-corrected chi connectivity index (χ1v) is 9.90. The SMILES string of the molecule is C=C1CC(C(=O)NCc2ccco2)N(C(=O)c2ccc(CCCCC)oc2=O)C1. The van der Waals surface area contributed by atoms with E-state index in [9.17, 15) is 14.4 Å². The number of carbonyl (C=O) groups is 2. The molecule has 1 aliphatic heterocycles. The Morgan fingerprint density at radius 3 is 2.76 bits per heavy atom. The van der Waals surface area contributed by atoms with Crippen molar-refractivity contribution >= 4 is 11.8 Å². The van der Waals surface area contributed by atoms with Crippen molar-refractivity contribution in [1.29, 1.82) is 0 Å². The Labute approximate surface area is 169 Å². The number of rotatable bonds is 8. The maximum atomic E-state index is 13.0. The van der Waals surface area contributed by atoms with Crippen LogP contribution >= 0.6 is 0 Å². The molecule has 1 atom stereocenters. The molecule has 3 rings (SSSR count). The average Bonchev–Trinajstić information content (AvgIpc) is 3.35. The first-order chi connectivity index (χ1) is 14.0. The Hall–Kier alpha value is -3.09. The number of carbonyl (C=O) groups excluding carboxylic acids is 2. The van der Waals surface area contributed by atoms with Gasteiger partial charge in [0.05, 0.1) is 12.8 Å². The highest BCUT2D eigenvalue weighted by atomic mass is 16.4. The molecule has 1 fully saturated rings. The predicted octanol–water partition coefficient (Wildman–Crippen LogP) is 3.05. The largest absolute Gasteiger partial charge is 0.467 e. The number of aryl methyl sites for hydroxylation is 1. The fourth-order valence-electron chi connectivity index (χ4n) is 3.40. The Kier molecular flexibility index (Phi) is 6.69. The van der Waals surface area contributed by atoms with Gasteiger partial charge in [-0.15, -0.1) is 0 Å². The minimum Gasteiger partial charge on any atom is -0.467 e. The van der Waals surface area contributed by atoms with E-state index >= 15 is 0 Å². The maximum absolute atomic E-state index is 13.0. The predicted molar refractivity (Wildman–Crippen MR) is 107 cm³/mol. The fourth-order valence-corrected chi connectivity index (χ4v) is 3.40. The zero-order valence-corrected chi connectivity index (χ0v) is 16.6. The van der Waals surface area contributed by atoms with Gasteiger partial charge in [-0.1, -0.05) is 31.9 Å². The molecule has 1 unspecified atom stereocenters. The molecule has 154 valence electrons. The lowest BCUT2D eigenvalue weighted by atomic mass is 10.1. The third-order valence-corrected chi connectivity index (χ3v) is 4.97. The Morgan fingerprint density at radius 2 is 2.07 bits per heavy atom. The van der Waals surface area contributed by atoms with Crippen LogP contribution in [0.25, 0.3) is 0 Å². The van der Waals surface area contributed by atoms with Gasteiger partial charge in [-0.2, -0.15) is 0 Å². The lowest BCUT2D eigenvalue weighted by Gasteiger charge is -2.23. The van der Waals surface area contributed by atoms with Gasteiger partial charge in [0.15, 0.2) is 0 Å². The van der Waals surface area contributed by atoms with Crippen molar-refractivity contribution in [2.45, 2.75) is 51.6 Å². The van der Waals surface area contributed by atoms with Crippen molar-refractivity contribution in [3.8, 4) is 0 Å². The molecule has 3 heterocycles. The van der Waals surface area contributed by atoms with Gasteiger partial charge in [0.1, 0.15) is 23.1 Å². The summed E-state index contributed by atoms with van der Waals surface area (Å²) in [4.78, 5) is 39.3. The van der Waals surface area contributed by atoms with Gasteiger partial charge in [0.2, 0.25) is 5.91 Å². The van der Waals surface area contributed by atoms with E-state index in [1.807, 2.05) is 0 Å². The van der Waals surface area contributed by atoms with E-state index in [1.165, 1.54) is 17.2 Å². The highest BCUT2D eigenvalue weighted by Gasteiger charge is 2.37. The number of furan rings is 1. The Balaban J connectivity index is 1.70. The summed E-state index contributed by atoms with van der Waals surface area (Å²) in [5.41, 5.74) is 0.0242. The normalized spacial score (nSPS) is 16.2. The smallest absolute Gasteiger partial charge is 0.348 e. The highest BCUT2D eigenvalue weighted by Crippen LogP contribution is 2.23. The number of nitrogens with zero attached hydrogens (tertiary/aromatic N) is 1. The van der Waals surface area contributed by atoms with Gasteiger partial charge >= 0.3 is 5.63 Å². The van der Waals surface area contributed by atoms with Gasteiger partial charge in [-0.05, 0) is 37.1 Å². The molecule has 2 aromatic heterocycles. The van der Waals surface area contributed by atoms with Crippen LogP contribution in [0, 0.1) is 0 Å². The summed E-state index contributed by atoms with van der Waals surface area (Å²) in [5.74, 6) is 0.357. The van der Waals surface area contributed by atoms with Crippen LogP contribution in [0.1, 0.15) is 54.5 Å². The lowest BCUT2D eigenvalue weighted by Crippen LogP contribution is -2.46. The second-order valence-corrected chi connectivity index (χ2v) is 7.26. The van der Waals surface area contributed by atoms with Crippen LogP contribution in [0.15, 0.2) is 56.3 Å². The fraction of sp³-hybridized carbons (Fsp3) is 0.409. The first kappa shape index (κ1) is 20.6. The van der Waals surface area contributed by atoms with E-state index in [0.717, 1.165) is 24.8 Å². The molecule has 29 heavy (non-hydrogen) atoms. The van der Waals surface area contributed by atoms with Gasteiger partial charge in [-0.25, -0.2) is 4.79 Å². The van der Waals surface area contributed by atoms with Crippen LogP contribution < -0.4 is 10.9 Å². The summed E-state index contributed by atoms with van der Waals surface area (Å²) >= 11 is 0. The molecule has 1 saturated heterocycles. The third-order valence-electron chi connectivity index (χ3n) is 4.97. The quantitative estimate of drug-likeness (QED) is 0.545. The molecule has 1 aliphatic rings. The number of hydrogen-bond acceptors (Lipinski definition) is 5. The van der Waals surface area contributed by atoms with Crippen molar-refractivity contribution in [3.63, 3.8) is 0 Å². The molecule has 0 radical (unpaired) electrons. The van der Waals surface area contributed by atoms with Gasteiger partial charge < -0.3 is 19.1 Å². The van der Waals surface area contributed by atoms with Crippen LogP contribution in [0.3, 0.4) is 0 Å². The van der Waals surface area contributed by atoms with Crippen LogP contribution in [0.4, 0.5) is 0 Å². The summed E-state index contributed by atoms with van der Waals surface area (Å²) in [6, 6.07) is 5.94. The molecular formula is C22H26N2O5. The summed E-state index contributed by atoms with van der Waals surface area (Å²) < 4.78 is 10.5. The first-order valence-electron chi connectivity index (χ1n) is 9.90. The summed E-state index contributed by atoms with van der Waals surface area (Å²) in [6.07, 6.45) is 5.60. The van der Waals surface area contributed by atoms with Crippen LogP contribution in [-0.2, 0) is 17.8 Å². The van der Waals surface area contributed by atoms with Crippen LogP contribution in [0.2, 0.25) is 0 Å². The van der Waals surface area contributed by atoms with E-state index in [0.29, 0.717) is 24.4 Å². The monoisotopic (exact) mass is 398 g/mol. The molecule has 0 aliphatic carbocycles. The second kappa shape index (κ2) is 9.41. The molecule has 1 N–H and O–H groups in total. The van der Waals surface area contributed by atoms with Gasteiger partial charge in [0, 0.05) is 13.0 Å². The Morgan fingerprint density at radius 1 is 1.24 bits per heavy atom. The maximum Gasteiger partial charge on any atom is 0.348 e. The second-order valence-electron chi connectivity index (χ2n) is 7.26. The minimum atomic E-state index is -0.714. The van der Waals surface area contributed by atoms with Crippen molar-refractivity contribution in [2.75, 3.05) is 6.54 Å². The molecule has 2 amide bonds. The van der Waals surface area contributed by atoms with Crippen LogP contribution in [-0.4, -0.2) is 29.3 Å². The number of unbranched alkanes of at least 4 members (excludes halogenated alkanes) is 2. The number of hydrogen-bond donors (Lipinski definition) is 1. The molecule has 2 aromatic rings. The van der Waals surface area contributed by atoms with Crippen molar-refractivity contribution < 1.29 is 18.4 Å². The molecule has 7 nitrogen and oxygen atoms in total. The molecule has 7 heteroatoms. The number of likely N-dealkylation sites (tertiary alicyclic amines) is 1. The van der Waals surface area contributed by atoms with E-state index in [2.05, 4.69) is 18.8 Å². The average molecular weight is 398 g/mol. The number of amides is 2. The molecular weight excluding hydrogens is 372 g/mol. The Bertz CT molecular complexity index is 929. The molecule has 0 aromatic carbocycles. The summed E-state index contributed by atoms with van der Waals surface area (Å²) in [7, 11) is 0. The van der Waals surface area contributed by atoms with Crippen molar-refractivity contribution in [1.82, 2.24) is 10.2 Å². The van der Waals surface area contributed by atoms with Crippen LogP contribution in [0.5, 0.6) is 0 Å². The standard InChI is InChI=1S/C22H26N2O5/c1-3-4-5-7-16-9-10-18(22(27)29-16)21(26)24-14-15(2)12-19(24)20(25)23-13-17-8-6-11-28-17/h6,8-11,19H,2-5,7,12-14H2,1H3,(H,23,25). The van der Waals surface area contributed by atoms with E-state index < -0.39 is 17.6 Å². The number of nitrogens with one attached hydrogen (secondary N) is 1. The lowest BCUT2D eigenvalue weighted by molar-refractivity contribution is -0.125. The van der Waals surface area contributed by atoms with E-state index in [4.69, 9.17) is 8.83 Å². The zero-order chi connectivity index (χ0) is 20.8. The van der Waals surface area contributed by atoms with Crippen molar-refractivity contribution in [3.05, 3.63) is 70.2 Å². The van der Waals surface area contributed by atoms with Crippen molar-refractivity contribution in [2.24, 2.45) is 0 Å². The zero-order valence-electron chi connectivity index (χ0n) is 16.6. The van der Waals surface area contributed by atoms with E-state index in [-0.39, 0.29) is 24.6 Å². The summed E-state index contributed by atoms with van der Waals surface area (Å²) in [6.45, 7) is 6.47. The van der Waals surface area contributed by atoms with Gasteiger partial charge in [0.25, 0.3) is 5.91 Å².